The van der Waals surface area contributed by atoms with E-state index in [1.807, 2.05) is 24.3 Å². The number of likely N-dealkylation sites (tertiary alicyclic amines) is 1. The zero-order valence-corrected chi connectivity index (χ0v) is 11.8. The third-order valence-electron chi connectivity index (χ3n) is 4.11. The molecule has 1 heterocycles. The fourth-order valence-corrected chi connectivity index (χ4v) is 2.94. The van der Waals surface area contributed by atoms with Crippen LogP contribution in [-0.2, 0) is 6.42 Å². The van der Waals surface area contributed by atoms with Crippen molar-refractivity contribution in [2.75, 3.05) is 13.1 Å². The predicted molar refractivity (Wildman–Crippen MR) is 78.2 cm³/mol. The Morgan fingerprint density at radius 3 is 2.89 bits per heavy atom. The molecular formula is C16H24N2O. The number of benzene rings is 1. The van der Waals surface area contributed by atoms with Gasteiger partial charge in [0.15, 0.2) is 0 Å². The highest BCUT2D eigenvalue weighted by Gasteiger charge is 2.17. The number of hydrogen-bond acceptors (Lipinski definition) is 2. The fourth-order valence-electron chi connectivity index (χ4n) is 2.94. The highest BCUT2D eigenvalue weighted by Crippen LogP contribution is 2.17. The smallest absolute Gasteiger partial charge is 0.248 e. The molecule has 1 fully saturated rings. The summed E-state index contributed by atoms with van der Waals surface area (Å²) in [6.45, 7) is 4.66. The topological polar surface area (TPSA) is 46.3 Å². The van der Waals surface area contributed by atoms with E-state index in [2.05, 4.69) is 11.8 Å². The molecular weight excluding hydrogens is 236 g/mol. The molecule has 1 aromatic rings. The molecule has 0 aliphatic carbocycles. The largest absolute Gasteiger partial charge is 0.366 e. The van der Waals surface area contributed by atoms with Crippen LogP contribution in [-0.4, -0.2) is 29.9 Å². The third-order valence-corrected chi connectivity index (χ3v) is 4.11. The Hall–Kier alpha value is -1.35. The van der Waals surface area contributed by atoms with Gasteiger partial charge in [-0.05, 0) is 57.3 Å². The van der Waals surface area contributed by atoms with Crippen molar-refractivity contribution >= 4 is 5.91 Å². The van der Waals surface area contributed by atoms with Crippen LogP contribution in [0.4, 0.5) is 0 Å². The standard InChI is InChI=1S/C16H24N2O/c1-13-7-4-5-11-18(13)12-6-9-14-8-2-3-10-15(14)16(17)19/h2-3,8,10,13H,4-7,9,11-12H2,1H3,(H2,17,19). The van der Waals surface area contributed by atoms with Crippen molar-refractivity contribution in [3.63, 3.8) is 0 Å². The average molecular weight is 260 g/mol. The first kappa shape index (κ1) is 14.1. The lowest BCUT2D eigenvalue weighted by molar-refractivity contribution is 0.0999. The zero-order chi connectivity index (χ0) is 13.7. The van der Waals surface area contributed by atoms with Gasteiger partial charge in [0.25, 0.3) is 0 Å². The first-order valence-corrected chi connectivity index (χ1v) is 7.30. The lowest BCUT2D eigenvalue weighted by atomic mass is 10.0. The number of primary amides is 1. The van der Waals surface area contributed by atoms with E-state index in [9.17, 15) is 4.79 Å². The van der Waals surface area contributed by atoms with Crippen molar-refractivity contribution in [3.05, 3.63) is 35.4 Å². The third kappa shape index (κ3) is 3.80. The molecule has 1 aromatic carbocycles. The molecule has 3 heteroatoms. The molecule has 1 aliphatic heterocycles. The number of piperidine rings is 1. The van der Waals surface area contributed by atoms with E-state index in [0.29, 0.717) is 11.6 Å². The number of hydrogen-bond donors (Lipinski definition) is 1. The molecule has 2 rings (SSSR count). The van der Waals surface area contributed by atoms with Crippen molar-refractivity contribution in [2.24, 2.45) is 5.73 Å². The summed E-state index contributed by atoms with van der Waals surface area (Å²) in [6.07, 6.45) is 6.03. The van der Waals surface area contributed by atoms with Gasteiger partial charge in [-0.25, -0.2) is 0 Å². The molecule has 3 nitrogen and oxygen atoms in total. The van der Waals surface area contributed by atoms with Gasteiger partial charge in [0.2, 0.25) is 5.91 Å². The van der Waals surface area contributed by atoms with Crippen LogP contribution >= 0.6 is 0 Å². The Morgan fingerprint density at radius 1 is 1.37 bits per heavy atom. The summed E-state index contributed by atoms with van der Waals surface area (Å²) in [6, 6.07) is 8.39. The van der Waals surface area contributed by atoms with Crippen molar-refractivity contribution in [1.82, 2.24) is 4.90 Å². The van der Waals surface area contributed by atoms with Crippen molar-refractivity contribution in [3.8, 4) is 0 Å². The summed E-state index contributed by atoms with van der Waals surface area (Å²) in [7, 11) is 0. The van der Waals surface area contributed by atoms with E-state index in [4.69, 9.17) is 5.73 Å². The lowest BCUT2D eigenvalue weighted by Crippen LogP contribution is -2.38. The Bertz CT molecular complexity index is 431. The van der Waals surface area contributed by atoms with Crippen molar-refractivity contribution in [2.45, 2.75) is 45.1 Å². The van der Waals surface area contributed by atoms with Gasteiger partial charge in [0.05, 0.1) is 0 Å². The lowest BCUT2D eigenvalue weighted by Gasteiger charge is -2.33. The van der Waals surface area contributed by atoms with Crippen LogP contribution in [0.1, 0.15) is 48.5 Å². The average Bonchev–Trinajstić information content (AvgIpc) is 2.41. The molecule has 1 atom stereocenters. The molecule has 104 valence electrons. The number of nitrogens with zero attached hydrogens (tertiary/aromatic N) is 1. The van der Waals surface area contributed by atoms with Crippen LogP contribution in [0.15, 0.2) is 24.3 Å². The van der Waals surface area contributed by atoms with E-state index < -0.39 is 0 Å². The summed E-state index contributed by atoms with van der Waals surface area (Å²) in [5, 5.41) is 0. The summed E-state index contributed by atoms with van der Waals surface area (Å²) in [4.78, 5) is 13.9. The van der Waals surface area contributed by atoms with Crippen LogP contribution in [0.25, 0.3) is 0 Å². The van der Waals surface area contributed by atoms with Gasteiger partial charge in [-0.15, -0.1) is 0 Å². The van der Waals surface area contributed by atoms with E-state index >= 15 is 0 Å². The van der Waals surface area contributed by atoms with Gasteiger partial charge in [-0.1, -0.05) is 24.6 Å². The van der Waals surface area contributed by atoms with Gasteiger partial charge in [0, 0.05) is 11.6 Å². The predicted octanol–water partition coefficient (Wildman–Crippen LogP) is 2.59. The second kappa shape index (κ2) is 6.71. The van der Waals surface area contributed by atoms with E-state index in [1.165, 1.54) is 25.8 Å². The molecule has 0 saturated carbocycles. The van der Waals surface area contributed by atoms with Crippen molar-refractivity contribution in [1.29, 1.82) is 0 Å². The Labute approximate surface area is 115 Å². The second-order valence-electron chi connectivity index (χ2n) is 5.51. The fraction of sp³-hybridized carbons (Fsp3) is 0.562. The number of carbonyl (C=O) groups is 1. The molecule has 1 saturated heterocycles. The van der Waals surface area contributed by atoms with Gasteiger partial charge in [0.1, 0.15) is 0 Å². The Balaban J connectivity index is 1.87. The number of rotatable bonds is 5. The highest BCUT2D eigenvalue weighted by atomic mass is 16.1. The first-order chi connectivity index (χ1) is 9.18. The molecule has 1 amide bonds. The monoisotopic (exact) mass is 260 g/mol. The second-order valence-corrected chi connectivity index (χ2v) is 5.51. The van der Waals surface area contributed by atoms with Crippen LogP contribution in [0.5, 0.6) is 0 Å². The number of carbonyl (C=O) groups excluding carboxylic acids is 1. The highest BCUT2D eigenvalue weighted by molar-refractivity contribution is 5.94. The summed E-state index contributed by atoms with van der Waals surface area (Å²) in [5.74, 6) is -0.318. The maximum Gasteiger partial charge on any atom is 0.248 e. The van der Waals surface area contributed by atoms with Crippen LogP contribution in [0.2, 0.25) is 0 Å². The molecule has 1 unspecified atom stereocenters. The maximum absolute atomic E-state index is 11.4. The number of amides is 1. The van der Waals surface area contributed by atoms with E-state index in [-0.39, 0.29) is 5.91 Å². The number of aryl methyl sites for hydroxylation is 1. The SMILES string of the molecule is CC1CCCCN1CCCc1ccccc1C(N)=O. The minimum Gasteiger partial charge on any atom is -0.366 e. The van der Waals surface area contributed by atoms with E-state index in [0.717, 1.165) is 24.9 Å². The molecule has 2 N–H and O–H groups in total. The van der Waals surface area contributed by atoms with E-state index in [1.54, 1.807) is 0 Å². The summed E-state index contributed by atoms with van der Waals surface area (Å²) < 4.78 is 0. The van der Waals surface area contributed by atoms with Crippen LogP contribution < -0.4 is 5.73 Å². The molecule has 0 aromatic heterocycles. The van der Waals surface area contributed by atoms with Gasteiger partial charge in [-0.2, -0.15) is 0 Å². The van der Waals surface area contributed by atoms with Crippen molar-refractivity contribution < 1.29 is 4.79 Å². The van der Waals surface area contributed by atoms with Crippen LogP contribution in [0.3, 0.4) is 0 Å². The Morgan fingerprint density at radius 2 is 2.16 bits per heavy atom. The molecule has 1 aliphatic rings. The quantitative estimate of drug-likeness (QED) is 0.884. The van der Waals surface area contributed by atoms with Gasteiger partial charge in [-0.3, -0.25) is 4.79 Å². The molecule has 19 heavy (non-hydrogen) atoms. The molecule has 0 spiro atoms. The first-order valence-electron chi connectivity index (χ1n) is 7.30. The van der Waals surface area contributed by atoms with Gasteiger partial charge >= 0.3 is 0 Å². The summed E-state index contributed by atoms with van der Waals surface area (Å²) in [5.41, 5.74) is 7.16. The van der Waals surface area contributed by atoms with Crippen LogP contribution in [0, 0.1) is 0 Å². The normalized spacial score (nSPS) is 20.4. The Kier molecular flexibility index (Phi) is 4.97. The summed E-state index contributed by atoms with van der Waals surface area (Å²) >= 11 is 0. The maximum atomic E-state index is 11.4. The minimum absolute atomic E-state index is 0.318. The minimum atomic E-state index is -0.318. The number of nitrogens with two attached hydrogens (primary N) is 1. The molecule has 0 bridgehead atoms. The van der Waals surface area contributed by atoms with Gasteiger partial charge < -0.3 is 10.6 Å². The molecule has 0 radical (unpaired) electrons. The zero-order valence-electron chi connectivity index (χ0n) is 11.8.